The molecule has 7 nitrogen and oxygen atoms in total. The van der Waals surface area contributed by atoms with Crippen molar-refractivity contribution in [2.75, 3.05) is 40.9 Å². The molecule has 3 rings (SSSR count). The van der Waals surface area contributed by atoms with Crippen molar-refractivity contribution in [3.05, 3.63) is 35.1 Å². The average molecular weight is 491 g/mol. The summed E-state index contributed by atoms with van der Waals surface area (Å²) < 4.78 is 19.3. The van der Waals surface area contributed by atoms with Crippen LogP contribution in [0.5, 0.6) is 0 Å². The number of benzene rings is 1. The van der Waals surface area contributed by atoms with Gasteiger partial charge >= 0.3 is 6.03 Å². The average Bonchev–Trinajstić information content (AvgIpc) is 3.12. The summed E-state index contributed by atoms with van der Waals surface area (Å²) in [5.74, 6) is 0.133. The van der Waals surface area contributed by atoms with Gasteiger partial charge in [-0.2, -0.15) is 0 Å². The number of hydrogen-bond acceptors (Lipinski definition) is 4. The first-order valence-electron chi connectivity index (χ1n) is 13.2. The van der Waals surface area contributed by atoms with Crippen molar-refractivity contribution < 1.29 is 18.7 Å². The number of nitrogens with one attached hydrogen (secondary N) is 3. The van der Waals surface area contributed by atoms with E-state index in [1.54, 1.807) is 25.1 Å². The van der Waals surface area contributed by atoms with Crippen molar-refractivity contribution >= 4 is 11.9 Å². The van der Waals surface area contributed by atoms with E-state index in [0.717, 1.165) is 25.8 Å². The minimum absolute atomic E-state index is 0.0852. The Labute approximate surface area is 209 Å². The summed E-state index contributed by atoms with van der Waals surface area (Å²) in [6.45, 7) is 1.82. The Kier molecular flexibility index (Phi) is 10.3. The number of rotatable bonds is 13. The van der Waals surface area contributed by atoms with Crippen LogP contribution in [0.1, 0.15) is 80.1 Å². The zero-order valence-corrected chi connectivity index (χ0v) is 21.6. The van der Waals surface area contributed by atoms with Crippen molar-refractivity contribution in [2.45, 2.75) is 75.8 Å². The maximum atomic E-state index is 14.2. The van der Waals surface area contributed by atoms with Crippen molar-refractivity contribution in [2.24, 2.45) is 5.92 Å². The number of halogens is 1. The van der Waals surface area contributed by atoms with Gasteiger partial charge in [0.15, 0.2) is 0 Å². The van der Waals surface area contributed by atoms with Gasteiger partial charge in [0.2, 0.25) is 0 Å². The number of urea groups is 1. The first-order chi connectivity index (χ1) is 16.9. The van der Waals surface area contributed by atoms with E-state index in [0.29, 0.717) is 43.0 Å². The lowest BCUT2D eigenvalue weighted by Gasteiger charge is -2.33. The van der Waals surface area contributed by atoms with Gasteiger partial charge < -0.3 is 25.6 Å². The molecule has 1 unspecified atom stereocenters. The highest BCUT2D eigenvalue weighted by Crippen LogP contribution is 2.39. The molecule has 35 heavy (non-hydrogen) atoms. The molecule has 1 fully saturated rings. The summed E-state index contributed by atoms with van der Waals surface area (Å²) in [7, 11) is 5.37. The monoisotopic (exact) mass is 490 g/mol. The Morgan fingerprint density at radius 2 is 2.03 bits per heavy atom. The van der Waals surface area contributed by atoms with Crippen molar-refractivity contribution in [3.8, 4) is 0 Å². The molecule has 1 aliphatic carbocycles. The Hall–Kier alpha value is -2.19. The van der Waals surface area contributed by atoms with Gasteiger partial charge in [-0.1, -0.05) is 32.1 Å². The van der Waals surface area contributed by atoms with Crippen LogP contribution in [0, 0.1) is 11.7 Å². The summed E-state index contributed by atoms with van der Waals surface area (Å²) >= 11 is 0. The van der Waals surface area contributed by atoms with Gasteiger partial charge in [0, 0.05) is 45.5 Å². The van der Waals surface area contributed by atoms with Gasteiger partial charge in [0.1, 0.15) is 5.82 Å². The summed E-state index contributed by atoms with van der Waals surface area (Å²) in [6, 6.07) is 4.33. The molecule has 1 aromatic rings. The second-order valence-corrected chi connectivity index (χ2v) is 10.3. The van der Waals surface area contributed by atoms with Crippen LogP contribution in [0.15, 0.2) is 18.2 Å². The number of unbranched alkanes of at least 4 members (excludes halogenated alkanes) is 1. The number of methoxy groups -OCH3 is 1. The number of ether oxygens (including phenoxy) is 1. The second kappa shape index (κ2) is 13.2. The summed E-state index contributed by atoms with van der Waals surface area (Å²) in [5.41, 5.74) is 0.523. The molecule has 0 saturated heterocycles. The predicted molar refractivity (Wildman–Crippen MR) is 136 cm³/mol. The molecule has 0 aromatic heterocycles. The molecule has 0 bridgehead atoms. The number of nitrogens with zero attached hydrogens (tertiary/aromatic N) is 1. The fraction of sp³-hybridized carbons (Fsp3) is 0.704. The third-order valence-corrected chi connectivity index (χ3v) is 7.64. The van der Waals surface area contributed by atoms with Crippen molar-refractivity contribution in [1.82, 2.24) is 20.9 Å². The lowest BCUT2D eigenvalue weighted by molar-refractivity contribution is 0.0914. The lowest BCUT2D eigenvalue weighted by Crippen LogP contribution is -2.49. The molecule has 1 aromatic carbocycles. The highest BCUT2D eigenvalue weighted by Gasteiger charge is 2.42. The third kappa shape index (κ3) is 7.40. The Morgan fingerprint density at radius 1 is 1.26 bits per heavy atom. The maximum absolute atomic E-state index is 14.2. The first-order valence-corrected chi connectivity index (χ1v) is 13.2. The molecule has 1 saturated carbocycles. The van der Waals surface area contributed by atoms with E-state index in [4.69, 9.17) is 4.74 Å². The smallest absolute Gasteiger partial charge is 0.317 e. The molecule has 196 valence electrons. The highest BCUT2D eigenvalue weighted by molar-refractivity contribution is 6.00. The molecule has 1 aliphatic heterocycles. The first kappa shape index (κ1) is 27.4. The van der Waals surface area contributed by atoms with Gasteiger partial charge in [-0.25, -0.2) is 9.18 Å². The minimum atomic E-state index is -0.691. The lowest BCUT2D eigenvalue weighted by atomic mass is 9.82. The van der Waals surface area contributed by atoms with Crippen LogP contribution in [0.25, 0.3) is 0 Å². The quantitative estimate of drug-likeness (QED) is 0.363. The van der Waals surface area contributed by atoms with Crippen LogP contribution >= 0.6 is 0 Å². The number of hydrogen-bond donors (Lipinski definition) is 3. The zero-order chi connectivity index (χ0) is 25.3. The van der Waals surface area contributed by atoms with E-state index in [1.165, 1.54) is 44.2 Å². The molecule has 0 spiro atoms. The SMILES string of the molecule is CNCC(CC1CCCCC1)NC(=O)N(C)CC[C@@]1(CCCCOC)NC(=O)c2ccc(F)cc21. The van der Waals surface area contributed by atoms with Crippen molar-refractivity contribution in [1.29, 1.82) is 0 Å². The minimum Gasteiger partial charge on any atom is -0.385 e. The highest BCUT2D eigenvalue weighted by atomic mass is 19.1. The molecule has 8 heteroatoms. The van der Waals surface area contributed by atoms with Gasteiger partial charge in [0.25, 0.3) is 5.91 Å². The molecule has 1 heterocycles. The number of carbonyl (C=O) groups is 2. The van der Waals surface area contributed by atoms with Crippen LogP contribution < -0.4 is 16.0 Å². The van der Waals surface area contributed by atoms with E-state index in [-0.39, 0.29) is 23.8 Å². The van der Waals surface area contributed by atoms with E-state index in [1.807, 2.05) is 7.05 Å². The van der Waals surface area contributed by atoms with Crippen LogP contribution in [-0.2, 0) is 10.3 Å². The fourth-order valence-corrected chi connectivity index (χ4v) is 5.66. The number of carbonyl (C=O) groups excluding carboxylic acids is 2. The molecule has 3 amide bonds. The van der Waals surface area contributed by atoms with Gasteiger partial charge in [-0.15, -0.1) is 0 Å². The van der Waals surface area contributed by atoms with E-state index in [9.17, 15) is 14.0 Å². The zero-order valence-electron chi connectivity index (χ0n) is 21.6. The number of likely N-dealkylation sites (N-methyl/N-ethyl adjacent to an activating group) is 1. The number of fused-ring (bicyclic) bond motifs is 1. The van der Waals surface area contributed by atoms with Crippen LogP contribution in [-0.4, -0.2) is 63.8 Å². The Morgan fingerprint density at radius 3 is 2.74 bits per heavy atom. The fourth-order valence-electron chi connectivity index (χ4n) is 5.66. The van der Waals surface area contributed by atoms with Crippen LogP contribution in [0.3, 0.4) is 0 Å². The molecule has 2 aliphatic rings. The predicted octanol–water partition coefficient (Wildman–Crippen LogP) is 4.17. The van der Waals surface area contributed by atoms with Crippen LogP contribution in [0.4, 0.5) is 9.18 Å². The van der Waals surface area contributed by atoms with Crippen LogP contribution in [0.2, 0.25) is 0 Å². The summed E-state index contributed by atoms with van der Waals surface area (Å²) in [4.78, 5) is 27.5. The largest absolute Gasteiger partial charge is 0.385 e. The maximum Gasteiger partial charge on any atom is 0.317 e. The third-order valence-electron chi connectivity index (χ3n) is 7.64. The van der Waals surface area contributed by atoms with Gasteiger partial charge in [-0.3, -0.25) is 4.79 Å². The summed E-state index contributed by atoms with van der Waals surface area (Å²) in [5, 5.41) is 9.55. The Bertz CT molecular complexity index is 846. The van der Waals surface area contributed by atoms with Gasteiger partial charge in [0.05, 0.1) is 5.54 Å². The Balaban J connectivity index is 1.64. The van der Waals surface area contributed by atoms with Crippen molar-refractivity contribution in [3.63, 3.8) is 0 Å². The number of amides is 3. The van der Waals surface area contributed by atoms with E-state index in [2.05, 4.69) is 16.0 Å². The topological polar surface area (TPSA) is 82.7 Å². The molecular formula is C27H43FN4O3. The summed E-state index contributed by atoms with van der Waals surface area (Å²) in [6.07, 6.45) is 10.2. The van der Waals surface area contributed by atoms with Gasteiger partial charge in [-0.05, 0) is 68.8 Å². The van der Waals surface area contributed by atoms with E-state index < -0.39 is 5.54 Å². The standard InChI is InChI=1S/C27H43FN4O3/c1-29-19-22(17-20-9-5-4-6-10-20)30-26(34)32(2)15-14-27(13-7-8-16-35-3)24-18-21(28)11-12-23(24)25(33)31-27/h11-12,18,20,22,29H,4-10,13-17,19H2,1-3H3,(H,30,34)(H,31,33)/t22?,27-/m1/s1. The van der Waals surface area contributed by atoms with E-state index >= 15 is 0 Å². The normalized spacial score (nSPS) is 20.9. The molecule has 0 radical (unpaired) electrons. The molecular weight excluding hydrogens is 447 g/mol. The molecule has 2 atom stereocenters. The second-order valence-electron chi connectivity index (χ2n) is 10.3. The molecule has 3 N–H and O–H groups in total.